The van der Waals surface area contributed by atoms with Crippen molar-refractivity contribution in [1.82, 2.24) is 4.98 Å². The van der Waals surface area contributed by atoms with Crippen LogP contribution in [0.2, 0.25) is 0 Å². The number of rotatable bonds is 4. The van der Waals surface area contributed by atoms with Gasteiger partial charge in [-0.2, -0.15) is 0 Å². The van der Waals surface area contributed by atoms with Gasteiger partial charge in [-0.05, 0) is 49.6 Å². The molecule has 0 aliphatic carbocycles. The fraction of sp³-hybridized carbons (Fsp3) is 0.250. The summed E-state index contributed by atoms with van der Waals surface area (Å²) in [5.41, 5.74) is 6.86. The predicted octanol–water partition coefficient (Wildman–Crippen LogP) is 2.80. The zero-order valence-electron chi connectivity index (χ0n) is 12.5. The van der Waals surface area contributed by atoms with Crippen LogP contribution in [0.3, 0.4) is 0 Å². The summed E-state index contributed by atoms with van der Waals surface area (Å²) in [5, 5.41) is 2.93. The van der Waals surface area contributed by atoms with E-state index >= 15 is 0 Å². The molecule has 110 valence electrons. The van der Waals surface area contributed by atoms with Gasteiger partial charge in [-0.25, -0.2) is 10.8 Å². The summed E-state index contributed by atoms with van der Waals surface area (Å²) in [6.07, 6.45) is 0.735. The van der Waals surface area contributed by atoms with Crippen molar-refractivity contribution in [1.29, 1.82) is 0 Å². The van der Waals surface area contributed by atoms with Gasteiger partial charge in [-0.3, -0.25) is 4.79 Å². The van der Waals surface area contributed by atoms with E-state index in [0.717, 1.165) is 28.9 Å². The van der Waals surface area contributed by atoms with Crippen molar-refractivity contribution < 1.29 is 4.79 Å². The fourth-order valence-electron chi connectivity index (χ4n) is 2.05. The lowest BCUT2D eigenvalue weighted by Crippen LogP contribution is -2.16. The molecule has 5 nitrogen and oxygen atoms in total. The maximum atomic E-state index is 12.4. The zero-order valence-corrected chi connectivity index (χ0v) is 12.5. The number of amides is 1. The van der Waals surface area contributed by atoms with Crippen LogP contribution in [0.1, 0.15) is 34.1 Å². The van der Waals surface area contributed by atoms with E-state index in [1.54, 1.807) is 12.1 Å². The van der Waals surface area contributed by atoms with Crippen LogP contribution in [-0.2, 0) is 6.42 Å². The Morgan fingerprint density at radius 1 is 1.29 bits per heavy atom. The van der Waals surface area contributed by atoms with Crippen LogP contribution < -0.4 is 16.6 Å². The highest BCUT2D eigenvalue weighted by atomic mass is 16.1. The molecule has 0 aliphatic heterocycles. The lowest BCUT2D eigenvalue weighted by molar-refractivity contribution is 0.102. The average Bonchev–Trinajstić information content (AvgIpc) is 2.51. The van der Waals surface area contributed by atoms with Gasteiger partial charge in [-0.1, -0.05) is 19.1 Å². The second-order valence-electron chi connectivity index (χ2n) is 4.93. The lowest BCUT2D eigenvalue weighted by atomic mass is 10.1. The third-order valence-electron chi connectivity index (χ3n) is 3.50. The van der Waals surface area contributed by atoms with E-state index in [1.807, 2.05) is 39.0 Å². The minimum Gasteiger partial charge on any atom is -0.322 e. The molecule has 0 atom stereocenters. The van der Waals surface area contributed by atoms with Gasteiger partial charge in [0.1, 0.15) is 5.82 Å². The number of hydrogen-bond acceptors (Lipinski definition) is 4. The predicted molar refractivity (Wildman–Crippen MR) is 85.3 cm³/mol. The Morgan fingerprint density at radius 2 is 2.05 bits per heavy atom. The monoisotopic (exact) mass is 284 g/mol. The summed E-state index contributed by atoms with van der Waals surface area (Å²) in [7, 11) is 0. The number of anilines is 2. The maximum absolute atomic E-state index is 12.4. The van der Waals surface area contributed by atoms with Gasteiger partial charge in [0, 0.05) is 16.9 Å². The van der Waals surface area contributed by atoms with Gasteiger partial charge in [-0.15, -0.1) is 0 Å². The Morgan fingerprint density at radius 3 is 2.71 bits per heavy atom. The van der Waals surface area contributed by atoms with E-state index in [4.69, 9.17) is 5.84 Å². The molecular formula is C16H20N4O. The number of aryl methyl sites for hydroxylation is 2. The van der Waals surface area contributed by atoms with Crippen LogP contribution in [-0.4, -0.2) is 10.9 Å². The molecule has 4 N–H and O–H groups in total. The van der Waals surface area contributed by atoms with E-state index < -0.39 is 0 Å². The molecule has 2 rings (SSSR count). The minimum absolute atomic E-state index is 0.169. The van der Waals surface area contributed by atoms with Gasteiger partial charge >= 0.3 is 0 Å². The molecule has 0 unspecified atom stereocenters. The van der Waals surface area contributed by atoms with Crippen molar-refractivity contribution in [3.8, 4) is 0 Å². The topological polar surface area (TPSA) is 80.0 Å². The van der Waals surface area contributed by atoms with E-state index in [9.17, 15) is 4.79 Å². The molecule has 0 fully saturated rings. The first-order valence-corrected chi connectivity index (χ1v) is 6.90. The van der Waals surface area contributed by atoms with Crippen molar-refractivity contribution in [3.63, 3.8) is 0 Å². The van der Waals surface area contributed by atoms with Crippen LogP contribution in [0.25, 0.3) is 0 Å². The molecule has 2 aromatic rings. The third kappa shape index (κ3) is 3.38. The zero-order chi connectivity index (χ0) is 15.4. The first-order chi connectivity index (χ1) is 10.0. The number of hydrazine groups is 1. The highest BCUT2D eigenvalue weighted by molar-refractivity contribution is 6.05. The Balaban J connectivity index is 2.30. The number of nitrogens with one attached hydrogen (secondary N) is 2. The molecule has 0 spiro atoms. The van der Waals surface area contributed by atoms with Gasteiger partial charge in [0.05, 0.1) is 0 Å². The number of hydrogen-bond donors (Lipinski definition) is 3. The van der Waals surface area contributed by atoms with Gasteiger partial charge in [0.2, 0.25) is 0 Å². The van der Waals surface area contributed by atoms with Crippen LogP contribution in [0.4, 0.5) is 11.5 Å². The van der Waals surface area contributed by atoms with Gasteiger partial charge < -0.3 is 10.7 Å². The lowest BCUT2D eigenvalue weighted by Gasteiger charge is -2.11. The fourth-order valence-corrected chi connectivity index (χ4v) is 2.05. The molecule has 0 bridgehead atoms. The van der Waals surface area contributed by atoms with Gasteiger partial charge in [0.25, 0.3) is 5.91 Å². The van der Waals surface area contributed by atoms with E-state index in [-0.39, 0.29) is 5.91 Å². The summed E-state index contributed by atoms with van der Waals surface area (Å²) >= 11 is 0. The Hall–Kier alpha value is -2.40. The summed E-state index contributed by atoms with van der Waals surface area (Å²) in [4.78, 5) is 16.7. The molecule has 0 saturated heterocycles. The number of carbonyl (C=O) groups is 1. The number of nitrogens with zero attached hydrogens (tertiary/aromatic N) is 1. The molecule has 0 saturated carbocycles. The normalized spacial score (nSPS) is 10.3. The standard InChI is InChI=1S/C16H20N4O/c1-4-13-8-12(9-15(18-13)20-17)16(21)19-14-7-5-6-10(2)11(14)3/h5-9H,4,17H2,1-3H3,(H,18,20)(H,19,21). The quantitative estimate of drug-likeness (QED) is 0.596. The second kappa shape index (κ2) is 6.37. The SMILES string of the molecule is CCc1cc(C(=O)Nc2cccc(C)c2C)cc(NN)n1. The summed E-state index contributed by atoms with van der Waals surface area (Å²) in [6.45, 7) is 5.99. The molecule has 1 amide bonds. The largest absolute Gasteiger partial charge is 0.322 e. The Labute approximate surface area is 124 Å². The van der Waals surface area contributed by atoms with Crippen molar-refractivity contribution in [2.24, 2.45) is 5.84 Å². The molecular weight excluding hydrogens is 264 g/mol. The van der Waals surface area contributed by atoms with Crippen LogP contribution in [0, 0.1) is 13.8 Å². The van der Waals surface area contributed by atoms with E-state index in [0.29, 0.717) is 11.4 Å². The molecule has 21 heavy (non-hydrogen) atoms. The minimum atomic E-state index is -0.169. The first-order valence-electron chi connectivity index (χ1n) is 6.90. The third-order valence-corrected chi connectivity index (χ3v) is 3.50. The number of benzene rings is 1. The van der Waals surface area contributed by atoms with Crippen LogP contribution in [0.15, 0.2) is 30.3 Å². The maximum Gasteiger partial charge on any atom is 0.255 e. The molecule has 0 aliphatic rings. The number of nitrogens with two attached hydrogens (primary N) is 1. The Kier molecular flexibility index (Phi) is 4.55. The number of aromatic nitrogens is 1. The molecule has 0 radical (unpaired) electrons. The highest BCUT2D eigenvalue weighted by Gasteiger charge is 2.11. The van der Waals surface area contributed by atoms with Crippen molar-refractivity contribution in [2.75, 3.05) is 10.7 Å². The second-order valence-corrected chi connectivity index (χ2v) is 4.93. The van der Waals surface area contributed by atoms with Crippen LogP contribution in [0.5, 0.6) is 0 Å². The van der Waals surface area contributed by atoms with E-state index in [1.165, 1.54) is 0 Å². The molecule has 5 heteroatoms. The highest BCUT2D eigenvalue weighted by Crippen LogP contribution is 2.19. The Bertz CT molecular complexity index is 645. The smallest absolute Gasteiger partial charge is 0.255 e. The summed E-state index contributed by atoms with van der Waals surface area (Å²) in [6, 6.07) is 9.25. The van der Waals surface area contributed by atoms with Crippen LogP contribution >= 0.6 is 0 Å². The van der Waals surface area contributed by atoms with Crippen molar-refractivity contribution in [2.45, 2.75) is 27.2 Å². The average molecular weight is 284 g/mol. The summed E-state index contributed by atoms with van der Waals surface area (Å²) in [5.74, 6) is 5.71. The number of nitrogen functional groups attached to an aromatic ring is 1. The molecule has 1 aromatic heterocycles. The molecule has 1 heterocycles. The number of pyridine rings is 1. The van der Waals surface area contributed by atoms with Gasteiger partial charge in [0.15, 0.2) is 0 Å². The number of carbonyl (C=O) groups excluding carboxylic acids is 1. The molecule has 1 aromatic carbocycles. The van der Waals surface area contributed by atoms with E-state index in [2.05, 4.69) is 15.7 Å². The van der Waals surface area contributed by atoms with Crippen molar-refractivity contribution >= 4 is 17.4 Å². The summed E-state index contributed by atoms with van der Waals surface area (Å²) < 4.78 is 0. The first kappa shape index (κ1) is 15.0. The van der Waals surface area contributed by atoms with Crippen molar-refractivity contribution in [3.05, 3.63) is 52.7 Å².